The highest BCUT2D eigenvalue weighted by Crippen LogP contribution is 2.00. The topological polar surface area (TPSA) is 0 Å². The zero-order chi connectivity index (χ0) is 8.99. The van der Waals surface area contributed by atoms with Crippen LogP contribution in [0.5, 0.6) is 0 Å². The van der Waals surface area contributed by atoms with E-state index in [1.165, 1.54) is 12.8 Å². The summed E-state index contributed by atoms with van der Waals surface area (Å²) in [6.07, 6.45) is 2.71. The molecule has 0 heteroatoms. The highest BCUT2D eigenvalue weighted by atomic mass is 13.9. The smallest absolute Gasteiger partial charge is 0.0471 e. The average molecular weight is 144 g/mol. The molecule has 0 nitrogen and oxygen atoms in total. The van der Waals surface area contributed by atoms with E-state index in [4.69, 9.17) is 0 Å². The van der Waals surface area contributed by atoms with Crippen LogP contribution < -0.4 is 0 Å². The molecule has 0 aliphatic rings. The van der Waals surface area contributed by atoms with Crippen LogP contribution in [0.2, 0.25) is 0 Å². The maximum atomic E-state index is 3.00. The van der Waals surface area contributed by atoms with Crippen LogP contribution in [0.1, 0.15) is 47.5 Å². The molecule has 0 fully saturated rings. The lowest BCUT2D eigenvalue weighted by Crippen LogP contribution is -1.81. The first-order valence-electron chi connectivity index (χ1n) is 4.27. The van der Waals surface area contributed by atoms with E-state index in [2.05, 4.69) is 33.9 Å². The molecule has 0 atom stereocenters. The summed E-state index contributed by atoms with van der Waals surface area (Å²) in [5.74, 6) is 0.898. The minimum absolute atomic E-state index is 0.898. The number of hydrogen-bond acceptors (Lipinski definition) is 0. The van der Waals surface area contributed by atoms with Gasteiger partial charge in [-0.2, -0.15) is 0 Å². The van der Waals surface area contributed by atoms with Crippen molar-refractivity contribution in [2.75, 3.05) is 0 Å². The zero-order valence-corrected chi connectivity index (χ0v) is 8.41. The molecule has 0 spiro atoms. The molecule has 0 aromatic carbocycles. The first kappa shape index (κ1) is 16.4. The van der Waals surface area contributed by atoms with Gasteiger partial charge in [-0.25, -0.2) is 0 Å². The summed E-state index contributed by atoms with van der Waals surface area (Å²) in [7, 11) is 0. The van der Waals surface area contributed by atoms with Crippen molar-refractivity contribution in [3.05, 3.63) is 13.2 Å². The second-order valence-corrected chi connectivity index (χ2v) is 2.18. The van der Waals surface area contributed by atoms with E-state index < -0.39 is 0 Å². The third-order valence-corrected chi connectivity index (χ3v) is 0.866. The molecule has 0 rings (SSSR count). The molecule has 0 saturated heterocycles. The van der Waals surface area contributed by atoms with E-state index in [-0.39, 0.29) is 0 Å². The maximum Gasteiger partial charge on any atom is -0.0471 e. The van der Waals surface area contributed by atoms with Crippen molar-refractivity contribution in [2.24, 2.45) is 5.92 Å². The minimum atomic E-state index is 0.898. The Balaban J connectivity index is -0.000000105. The zero-order valence-electron chi connectivity index (χ0n) is 8.41. The van der Waals surface area contributed by atoms with E-state index in [0.29, 0.717) is 0 Å². The Kier molecular flexibility index (Phi) is 38.2. The van der Waals surface area contributed by atoms with Crippen molar-refractivity contribution in [2.45, 2.75) is 47.5 Å². The molecule has 0 bridgehead atoms. The largest absolute Gasteiger partial charge is 0.106 e. The summed E-state index contributed by atoms with van der Waals surface area (Å²) >= 11 is 0. The molecule has 10 heavy (non-hydrogen) atoms. The van der Waals surface area contributed by atoms with E-state index in [9.17, 15) is 0 Å². The molecular weight excluding hydrogens is 120 g/mol. The van der Waals surface area contributed by atoms with Gasteiger partial charge in [0.2, 0.25) is 0 Å². The average Bonchev–Trinajstić information content (AvgIpc) is 1.96. The predicted molar refractivity (Wildman–Crippen MR) is 52.3 cm³/mol. The van der Waals surface area contributed by atoms with Gasteiger partial charge in [-0.15, -0.1) is 13.2 Å². The van der Waals surface area contributed by atoms with Crippen molar-refractivity contribution in [3.63, 3.8) is 0 Å². The van der Waals surface area contributed by atoms with Crippen LogP contribution in [0.15, 0.2) is 13.2 Å². The van der Waals surface area contributed by atoms with Gasteiger partial charge in [-0.05, 0) is 5.92 Å². The van der Waals surface area contributed by atoms with Gasteiger partial charge in [0.05, 0.1) is 0 Å². The summed E-state index contributed by atoms with van der Waals surface area (Å²) < 4.78 is 0. The predicted octanol–water partition coefficient (Wildman–Crippen LogP) is 4.27. The second kappa shape index (κ2) is 23.3. The van der Waals surface area contributed by atoms with Crippen LogP contribution in [0, 0.1) is 5.92 Å². The number of rotatable bonds is 2. The first-order valence-corrected chi connectivity index (χ1v) is 4.27. The summed E-state index contributed by atoms with van der Waals surface area (Å²) in [4.78, 5) is 0. The van der Waals surface area contributed by atoms with E-state index in [1.54, 1.807) is 0 Å². The highest BCUT2D eigenvalue weighted by molar-refractivity contribution is 4.38. The van der Waals surface area contributed by atoms with Gasteiger partial charge >= 0.3 is 0 Å². The van der Waals surface area contributed by atoms with Gasteiger partial charge in [0.15, 0.2) is 0 Å². The Bertz CT molecular complexity index is 29.0. The molecule has 64 valence electrons. The van der Waals surface area contributed by atoms with E-state index in [0.717, 1.165) is 5.92 Å². The Hall–Kier alpha value is -0.260. The maximum absolute atomic E-state index is 3.00. The molecular formula is C10H24. The molecule has 0 saturated carbocycles. The normalized spacial score (nSPS) is 7.00. The first-order chi connectivity index (χ1) is 4.77. The van der Waals surface area contributed by atoms with Crippen LogP contribution in [-0.2, 0) is 0 Å². The van der Waals surface area contributed by atoms with Gasteiger partial charge < -0.3 is 0 Å². The van der Waals surface area contributed by atoms with Crippen molar-refractivity contribution >= 4 is 0 Å². The third kappa shape index (κ3) is 46.8. The molecule has 0 unspecified atom stereocenters. The summed E-state index contributed by atoms with van der Waals surface area (Å²) in [6, 6.07) is 0. The van der Waals surface area contributed by atoms with Crippen LogP contribution in [-0.4, -0.2) is 0 Å². The Morgan fingerprint density at radius 1 is 1.10 bits per heavy atom. The lowest BCUT2D eigenvalue weighted by molar-refractivity contribution is 0.576. The van der Waals surface area contributed by atoms with Crippen molar-refractivity contribution in [1.29, 1.82) is 0 Å². The van der Waals surface area contributed by atoms with Gasteiger partial charge in [-0.1, -0.05) is 47.5 Å². The van der Waals surface area contributed by atoms with Crippen molar-refractivity contribution in [1.82, 2.24) is 0 Å². The van der Waals surface area contributed by atoms with Gasteiger partial charge in [0.1, 0.15) is 0 Å². The van der Waals surface area contributed by atoms with E-state index >= 15 is 0 Å². The van der Waals surface area contributed by atoms with Crippen LogP contribution in [0.4, 0.5) is 0 Å². The molecule has 0 aromatic rings. The lowest BCUT2D eigenvalue weighted by atomic mass is 10.1. The van der Waals surface area contributed by atoms with Gasteiger partial charge in [0, 0.05) is 0 Å². The fourth-order valence-corrected chi connectivity index (χ4v) is 0.577. The monoisotopic (exact) mass is 144 g/mol. The summed E-state index contributed by atoms with van der Waals surface area (Å²) in [5.41, 5.74) is 0. The summed E-state index contributed by atoms with van der Waals surface area (Å²) in [5, 5.41) is 0. The third-order valence-electron chi connectivity index (χ3n) is 0.866. The van der Waals surface area contributed by atoms with Crippen molar-refractivity contribution < 1.29 is 0 Å². The van der Waals surface area contributed by atoms with Crippen LogP contribution >= 0.6 is 0 Å². The quantitative estimate of drug-likeness (QED) is 0.508. The Labute approximate surface area is 67.3 Å². The summed E-state index contributed by atoms with van der Waals surface area (Å²) in [6.45, 7) is 16.7. The van der Waals surface area contributed by atoms with E-state index in [1.807, 2.05) is 13.8 Å². The van der Waals surface area contributed by atoms with Crippen molar-refractivity contribution in [3.8, 4) is 0 Å². The van der Waals surface area contributed by atoms with Gasteiger partial charge in [0.25, 0.3) is 0 Å². The molecule has 0 aliphatic heterocycles. The fourth-order valence-electron chi connectivity index (χ4n) is 0.577. The van der Waals surface area contributed by atoms with Gasteiger partial charge in [-0.3, -0.25) is 0 Å². The molecule has 0 N–H and O–H groups in total. The molecule has 0 aliphatic carbocycles. The molecule has 0 radical (unpaired) electrons. The highest BCUT2D eigenvalue weighted by Gasteiger charge is 1.85. The second-order valence-electron chi connectivity index (χ2n) is 2.18. The standard InChI is InChI=1S/C6H14.C2H6.C2H4/c1-4-5-6(2)3;2*1-2/h6H,4-5H2,1-3H3;1-2H3;1-2H2. The van der Waals surface area contributed by atoms with Crippen LogP contribution in [0.3, 0.4) is 0 Å². The SMILES string of the molecule is C=C.CC.CCCC(C)C. The lowest BCUT2D eigenvalue weighted by Gasteiger charge is -1.95. The Morgan fingerprint density at radius 3 is 1.40 bits per heavy atom. The number of hydrogen-bond donors (Lipinski definition) is 0. The molecule has 0 amide bonds. The molecule has 0 aromatic heterocycles. The minimum Gasteiger partial charge on any atom is -0.106 e. The fraction of sp³-hybridized carbons (Fsp3) is 0.800. The van der Waals surface area contributed by atoms with Crippen LogP contribution in [0.25, 0.3) is 0 Å². The molecule has 0 heterocycles. The Morgan fingerprint density at radius 2 is 1.40 bits per heavy atom.